The number of carbonyl (C=O) groups is 1. The highest BCUT2D eigenvalue weighted by molar-refractivity contribution is 5.89. The third kappa shape index (κ3) is 5.05. The average molecular weight is 469 g/mol. The summed E-state index contributed by atoms with van der Waals surface area (Å²) in [5, 5.41) is 3.03. The van der Waals surface area contributed by atoms with E-state index in [-0.39, 0.29) is 6.03 Å². The number of urea groups is 1. The standard InChI is InChI=1S/C28H32N6O/c1-3-21-7-11-23(12-8-21)30-28(35)33-18-16-32(17-19-33)20-26-31-25-6-5-15-29-27(25)34(26)24-13-9-22(4-2)10-14-24/h5-15H,3-4,16-20H2,1-2H3,(H,30,35). The number of hydrogen-bond acceptors (Lipinski definition) is 4. The first-order valence-electron chi connectivity index (χ1n) is 12.4. The van der Waals surface area contributed by atoms with Crippen molar-refractivity contribution in [3.8, 4) is 5.69 Å². The number of piperazine rings is 1. The van der Waals surface area contributed by atoms with Gasteiger partial charge in [-0.2, -0.15) is 0 Å². The topological polar surface area (TPSA) is 66.3 Å². The van der Waals surface area contributed by atoms with E-state index in [0.29, 0.717) is 19.6 Å². The number of nitrogens with one attached hydrogen (secondary N) is 1. The second kappa shape index (κ2) is 10.3. The molecule has 1 saturated heterocycles. The molecular weight excluding hydrogens is 436 g/mol. The van der Waals surface area contributed by atoms with Gasteiger partial charge < -0.3 is 10.2 Å². The highest BCUT2D eigenvalue weighted by atomic mass is 16.2. The SMILES string of the molecule is CCc1ccc(NC(=O)N2CCN(Cc3nc4cccnc4n3-c3ccc(CC)cc3)CC2)cc1. The van der Waals surface area contributed by atoms with E-state index in [2.05, 4.69) is 70.0 Å². The summed E-state index contributed by atoms with van der Waals surface area (Å²) in [5.41, 5.74) is 6.26. The van der Waals surface area contributed by atoms with E-state index in [1.54, 1.807) is 0 Å². The van der Waals surface area contributed by atoms with E-state index in [0.717, 1.165) is 54.3 Å². The fraction of sp³-hybridized carbons (Fsp3) is 0.321. The highest BCUT2D eigenvalue weighted by Crippen LogP contribution is 2.22. The van der Waals surface area contributed by atoms with Crippen LogP contribution in [0.15, 0.2) is 66.9 Å². The van der Waals surface area contributed by atoms with E-state index >= 15 is 0 Å². The second-order valence-corrected chi connectivity index (χ2v) is 8.97. The molecule has 1 aliphatic heterocycles. The molecule has 0 saturated carbocycles. The number of anilines is 1. The molecule has 0 atom stereocenters. The number of fused-ring (bicyclic) bond motifs is 1. The van der Waals surface area contributed by atoms with Gasteiger partial charge in [0.15, 0.2) is 5.65 Å². The second-order valence-electron chi connectivity index (χ2n) is 8.97. The number of hydrogen-bond donors (Lipinski definition) is 1. The van der Waals surface area contributed by atoms with Crippen LogP contribution in [0.4, 0.5) is 10.5 Å². The number of rotatable bonds is 6. The Labute approximate surface area is 206 Å². The summed E-state index contributed by atoms with van der Waals surface area (Å²) in [6.07, 6.45) is 3.82. The van der Waals surface area contributed by atoms with Crippen LogP contribution in [0.2, 0.25) is 0 Å². The van der Waals surface area contributed by atoms with Crippen molar-refractivity contribution in [2.45, 2.75) is 33.2 Å². The molecule has 2 aromatic carbocycles. The van der Waals surface area contributed by atoms with Crippen LogP contribution in [0.25, 0.3) is 16.9 Å². The van der Waals surface area contributed by atoms with Gasteiger partial charge in [0.25, 0.3) is 0 Å². The summed E-state index contributed by atoms with van der Waals surface area (Å²) in [4.78, 5) is 26.5. The van der Waals surface area contributed by atoms with Crippen molar-refractivity contribution in [1.82, 2.24) is 24.3 Å². The van der Waals surface area contributed by atoms with Gasteiger partial charge in [-0.05, 0) is 60.4 Å². The number of pyridine rings is 1. The Bertz CT molecular complexity index is 1290. The molecule has 1 N–H and O–H groups in total. The Balaban J connectivity index is 1.27. The van der Waals surface area contributed by atoms with Crippen molar-refractivity contribution in [2.24, 2.45) is 0 Å². The number of carbonyl (C=O) groups excluding carboxylic acids is 1. The lowest BCUT2D eigenvalue weighted by molar-refractivity contribution is 0.140. The molecule has 3 heterocycles. The molecule has 180 valence electrons. The Hall–Kier alpha value is -3.71. The summed E-state index contributed by atoms with van der Waals surface area (Å²) in [6, 6.07) is 20.6. The van der Waals surface area contributed by atoms with Gasteiger partial charge in [0.1, 0.15) is 11.3 Å². The highest BCUT2D eigenvalue weighted by Gasteiger charge is 2.23. The number of imidazole rings is 1. The number of nitrogens with zero attached hydrogens (tertiary/aromatic N) is 5. The van der Waals surface area contributed by atoms with Crippen LogP contribution in [-0.4, -0.2) is 56.5 Å². The van der Waals surface area contributed by atoms with Crippen LogP contribution >= 0.6 is 0 Å². The zero-order valence-corrected chi connectivity index (χ0v) is 20.4. The van der Waals surface area contributed by atoms with Crippen molar-refractivity contribution < 1.29 is 4.79 Å². The minimum absolute atomic E-state index is 0.0404. The van der Waals surface area contributed by atoms with Gasteiger partial charge in [0, 0.05) is 43.8 Å². The summed E-state index contributed by atoms with van der Waals surface area (Å²) < 4.78 is 2.16. The molecule has 1 fully saturated rings. The van der Waals surface area contributed by atoms with Crippen LogP contribution in [0.1, 0.15) is 30.8 Å². The lowest BCUT2D eigenvalue weighted by Gasteiger charge is -2.34. The monoisotopic (exact) mass is 468 g/mol. The normalized spacial score (nSPS) is 14.4. The number of benzene rings is 2. The van der Waals surface area contributed by atoms with Crippen LogP contribution in [0, 0.1) is 0 Å². The summed E-state index contributed by atoms with van der Waals surface area (Å²) in [7, 11) is 0. The average Bonchev–Trinajstić information content (AvgIpc) is 3.27. The summed E-state index contributed by atoms with van der Waals surface area (Å²) in [6.45, 7) is 7.96. The van der Waals surface area contributed by atoms with E-state index in [9.17, 15) is 4.79 Å². The molecule has 1 aliphatic rings. The van der Waals surface area contributed by atoms with Crippen molar-refractivity contribution in [2.75, 3.05) is 31.5 Å². The zero-order chi connectivity index (χ0) is 24.2. The molecule has 0 spiro atoms. The Morgan fingerprint density at radius 3 is 2.20 bits per heavy atom. The van der Waals surface area contributed by atoms with Gasteiger partial charge >= 0.3 is 6.03 Å². The third-order valence-corrected chi connectivity index (χ3v) is 6.73. The summed E-state index contributed by atoms with van der Waals surface area (Å²) in [5.74, 6) is 0.969. The Kier molecular flexibility index (Phi) is 6.77. The van der Waals surface area contributed by atoms with Crippen molar-refractivity contribution in [1.29, 1.82) is 0 Å². The molecule has 5 rings (SSSR count). The van der Waals surface area contributed by atoms with Crippen LogP contribution < -0.4 is 5.32 Å². The fourth-order valence-corrected chi connectivity index (χ4v) is 4.55. The third-order valence-electron chi connectivity index (χ3n) is 6.73. The number of aromatic nitrogens is 3. The molecule has 0 unspecified atom stereocenters. The quantitative estimate of drug-likeness (QED) is 0.437. The van der Waals surface area contributed by atoms with E-state index in [1.807, 2.05) is 35.4 Å². The van der Waals surface area contributed by atoms with E-state index in [1.165, 1.54) is 11.1 Å². The van der Waals surface area contributed by atoms with Crippen molar-refractivity contribution in [3.63, 3.8) is 0 Å². The fourth-order valence-electron chi connectivity index (χ4n) is 4.55. The molecule has 0 bridgehead atoms. The van der Waals surface area contributed by atoms with E-state index < -0.39 is 0 Å². The molecule has 4 aromatic rings. The van der Waals surface area contributed by atoms with Gasteiger partial charge in [-0.15, -0.1) is 0 Å². The molecule has 0 aliphatic carbocycles. The molecule has 35 heavy (non-hydrogen) atoms. The lowest BCUT2D eigenvalue weighted by atomic mass is 10.1. The lowest BCUT2D eigenvalue weighted by Crippen LogP contribution is -2.49. The molecule has 7 nitrogen and oxygen atoms in total. The largest absolute Gasteiger partial charge is 0.322 e. The van der Waals surface area contributed by atoms with Gasteiger partial charge in [0.2, 0.25) is 0 Å². The first-order chi connectivity index (χ1) is 17.1. The molecular formula is C28H32N6O. The minimum Gasteiger partial charge on any atom is -0.322 e. The molecule has 7 heteroatoms. The van der Waals surface area contributed by atoms with Gasteiger partial charge in [-0.1, -0.05) is 38.1 Å². The Morgan fingerprint density at radius 1 is 0.886 bits per heavy atom. The minimum atomic E-state index is -0.0404. The predicted molar refractivity (Wildman–Crippen MR) is 140 cm³/mol. The first kappa shape index (κ1) is 23.1. The number of amides is 2. The van der Waals surface area contributed by atoms with Crippen LogP contribution in [0.5, 0.6) is 0 Å². The molecule has 2 aromatic heterocycles. The van der Waals surface area contributed by atoms with Crippen LogP contribution in [-0.2, 0) is 19.4 Å². The maximum absolute atomic E-state index is 12.8. The molecule has 0 radical (unpaired) electrons. The van der Waals surface area contributed by atoms with Crippen LogP contribution in [0.3, 0.4) is 0 Å². The first-order valence-corrected chi connectivity index (χ1v) is 12.4. The zero-order valence-electron chi connectivity index (χ0n) is 20.4. The predicted octanol–water partition coefficient (Wildman–Crippen LogP) is 4.90. The van der Waals surface area contributed by atoms with Gasteiger partial charge in [-0.3, -0.25) is 9.47 Å². The van der Waals surface area contributed by atoms with Gasteiger partial charge in [0.05, 0.1) is 6.54 Å². The maximum atomic E-state index is 12.8. The van der Waals surface area contributed by atoms with Crippen molar-refractivity contribution in [3.05, 3.63) is 83.8 Å². The number of aryl methyl sites for hydroxylation is 2. The summed E-state index contributed by atoms with van der Waals surface area (Å²) >= 11 is 0. The smallest absolute Gasteiger partial charge is 0.321 e. The molecule has 2 amide bonds. The van der Waals surface area contributed by atoms with Crippen molar-refractivity contribution >= 4 is 22.9 Å². The maximum Gasteiger partial charge on any atom is 0.321 e. The van der Waals surface area contributed by atoms with E-state index in [4.69, 9.17) is 4.98 Å². The van der Waals surface area contributed by atoms with Gasteiger partial charge in [-0.25, -0.2) is 14.8 Å². The Morgan fingerprint density at radius 2 is 1.54 bits per heavy atom.